The maximum absolute atomic E-state index is 12.5. The summed E-state index contributed by atoms with van der Waals surface area (Å²) in [6.07, 6.45) is 5.01. The van der Waals surface area contributed by atoms with Crippen molar-refractivity contribution in [3.63, 3.8) is 0 Å². The molecule has 1 saturated heterocycles. The Morgan fingerprint density at radius 3 is 2.77 bits per heavy atom. The number of aromatic nitrogens is 1. The third-order valence-corrected chi connectivity index (χ3v) is 4.74. The molecule has 2 heterocycles. The number of hydrogen-bond donors (Lipinski definition) is 1. The Labute approximate surface area is 158 Å². The fourth-order valence-electron chi connectivity index (χ4n) is 2.93. The van der Waals surface area contributed by atoms with Gasteiger partial charge >= 0.3 is 6.03 Å². The summed E-state index contributed by atoms with van der Waals surface area (Å²) in [5.74, 6) is 1.70. The summed E-state index contributed by atoms with van der Waals surface area (Å²) < 4.78 is 11.1. The second-order valence-electron chi connectivity index (χ2n) is 6.18. The van der Waals surface area contributed by atoms with Crippen LogP contribution in [0, 0.1) is 5.92 Å². The summed E-state index contributed by atoms with van der Waals surface area (Å²) in [5.41, 5.74) is 0.679. The van der Waals surface area contributed by atoms with Crippen LogP contribution in [0.5, 0.6) is 11.5 Å². The molecule has 3 rings (SSSR count). The summed E-state index contributed by atoms with van der Waals surface area (Å²) in [6, 6.07) is 9.05. The van der Waals surface area contributed by atoms with E-state index in [1.54, 1.807) is 25.6 Å². The number of benzene rings is 1. The van der Waals surface area contributed by atoms with Crippen LogP contribution < -0.4 is 14.8 Å². The van der Waals surface area contributed by atoms with Gasteiger partial charge in [0.05, 0.1) is 19.4 Å². The SMILES string of the molecule is COc1ccccc1NC(=O)N1CCC(COc2ccncc2Cl)CC1. The Hall–Kier alpha value is -2.47. The molecule has 2 amide bonds. The number of nitrogens with zero attached hydrogens (tertiary/aromatic N) is 2. The Bertz CT molecular complexity index is 748. The van der Waals surface area contributed by atoms with Gasteiger partial charge in [0.2, 0.25) is 0 Å². The van der Waals surface area contributed by atoms with Crippen molar-refractivity contribution in [2.75, 3.05) is 32.1 Å². The molecule has 1 aromatic carbocycles. The van der Waals surface area contributed by atoms with Crippen molar-refractivity contribution in [3.8, 4) is 11.5 Å². The zero-order valence-electron chi connectivity index (χ0n) is 14.7. The van der Waals surface area contributed by atoms with E-state index in [9.17, 15) is 4.79 Å². The van der Waals surface area contributed by atoms with Gasteiger partial charge in [0.15, 0.2) is 0 Å². The van der Waals surface area contributed by atoms with E-state index in [0.717, 1.165) is 12.8 Å². The number of para-hydroxylation sites is 2. The third-order valence-electron chi connectivity index (χ3n) is 4.46. The number of methoxy groups -OCH3 is 1. The first-order chi connectivity index (χ1) is 12.7. The number of likely N-dealkylation sites (tertiary alicyclic amines) is 1. The van der Waals surface area contributed by atoms with Gasteiger partial charge in [0.1, 0.15) is 16.5 Å². The maximum Gasteiger partial charge on any atom is 0.321 e. The van der Waals surface area contributed by atoms with Crippen molar-refractivity contribution < 1.29 is 14.3 Å². The molecule has 0 bridgehead atoms. The molecular formula is C19H22ClN3O3. The number of amides is 2. The van der Waals surface area contributed by atoms with Gasteiger partial charge in [-0.05, 0) is 30.9 Å². The van der Waals surface area contributed by atoms with Crippen LogP contribution >= 0.6 is 11.6 Å². The lowest BCUT2D eigenvalue weighted by atomic mass is 9.98. The van der Waals surface area contributed by atoms with E-state index in [1.165, 1.54) is 0 Å². The molecule has 26 heavy (non-hydrogen) atoms. The van der Waals surface area contributed by atoms with Gasteiger partial charge in [-0.2, -0.15) is 0 Å². The molecule has 0 unspecified atom stereocenters. The average Bonchev–Trinajstić information content (AvgIpc) is 2.68. The molecule has 2 aromatic rings. The van der Waals surface area contributed by atoms with Gasteiger partial charge in [-0.3, -0.25) is 4.98 Å². The van der Waals surface area contributed by atoms with Crippen LogP contribution in [0.25, 0.3) is 0 Å². The second-order valence-corrected chi connectivity index (χ2v) is 6.59. The van der Waals surface area contributed by atoms with E-state index < -0.39 is 0 Å². The molecule has 0 atom stereocenters. The highest BCUT2D eigenvalue weighted by Crippen LogP contribution is 2.26. The number of urea groups is 1. The first kappa shape index (κ1) is 18.3. The quantitative estimate of drug-likeness (QED) is 0.855. The smallest absolute Gasteiger partial charge is 0.321 e. The van der Waals surface area contributed by atoms with E-state index >= 15 is 0 Å². The monoisotopic (exact) mass is 375 g/mol. The van der Waals surface area contributed by atoms with Gasteiger partial charge in [0, 0.05) is 31.5 Å². The van der Waals surface area contributed by atoms with Crippen LogP contribution in [0.1, 0.15) is 12.8 Å². The Morgan fingerprint density at radius 1 is 1.27 bits per heavy atom. The van der Waals surface area contributed by atoms with E-state index in [2.05, 4.69) is 10.3 Å². The summed E-state index contributed by atoms with van der Waals surface area (Å²) >= 11 is 6.05. The van der Waals surface area contributed by atoms with Crippen molar-refractivity contribution in [1.29, 1.82) is 0 Å². The molecule has 1 aromatic heterocycles. The highest BCUT2D eigenvalue weighted by atomic mass is 35.5. The largest absolute Gasteiger partial charge is 0.495 e. The number of ether oxygens (including phenoxy) is 2. The van der Waals surface area contributed by atoms with Crippen LogP contribution in [0.15, 0.2) is 42.7 Å². The first-order valence-corrected chi connectivity index (χ1v) is 8.96. The minimum Gasteiger partial charge on any atom is -0.495 e. The van der Waals surface area contributed by atoms with Crippen molar-refractivity contribution in [2.45, 2.75) is 12.8 Å². The van der Waals surface area contributed by atoms with Gasteiger partial charge in [0.25, 0.3) is 0 Å². The maximum atomic E-state index is 12.5. The van der Waals surface area contributed by atoms with E-state index in [0.29, 0.717) is 47.8 Å². The number of halogens is 1. The molecule has 7 heteroatoms. The molecule has 1 aliphatic heterocycles. The van der Waals surface area contributed by atoms with Gasteiger partial charge in [-0.25, -0.2) is 4.79 Å². The Balaban J connectivity index is 1.47. The second kappa shape index (κ2) is 8.76. The summed E-state index contributed by atoms with van der Waals surface area (Å²) in [6.45, 7) is 1.98. The van der Waals surface area contributed by atoms with E-state index in [4.69, 9.17) is 21.1 Å². The molecular weight excluding hydrogens is 354 g/mol. The minimum atomic E-state index is -0.106. The number of piperidine rings is 1. The zero-order valence-corrected chi connectivity index (χ0v) is 15.4. The standard InChI is InChI=1S/C19H22ClN3O3/c1-25-18-5-3-2-4-16(18)22-19(24)23-10-7-14(8-11-23)13-26-17-6-9-21-12-15(17)20/h2-6,9,12,14H,7-8,10-11,13H2,1H3,(H,22,24). The summed E-state index contributed by atoms with van der Waals surface area (Å²) in [4.78, 5) is 18.2. The highest BCUT2D eigenvalue weighted by molar-refractivity contribution is 6.31. The number of rotatable bonds is 5. The fourth-order valence-corrected chi connectivity index (χ4v) is 3.11. The number of carbonyl (C=O) groups is 1. The van der Waals surface area contributed by atoms with Crippen LogP contribution in [0.4, 0.5) is 10.5 Å². The number of pyridine rings is 1. The van der Waals surface area contributed by atoms with Crippen molar-refractivity contribution in [2.24, 2.45) is 5.92 Å². The van der Waals surface area contributed by atoms with Gasteiger partial charge in [-0.15, -0.1) is 0 Å². The van der Waals surface area contributed by atoms with Crippen molar-refractivity contribution >= 4 is 23.3 Å². The predicted octanol–water partition coefficient (Wildman–Crippen LogP) is 4.07. The van der Waals surface area contributed by atoms with Crippen LogP contribution in [0.2, 0.25) is 5.02 Å². The molecule has 0 aliphatic carbocycles. The van der Waals surface area contributed by atoms with Gasteiger partial charge in [-0.1, -0.05) is 23.7 Å². The molecule has 1 N–H and O–H groups in total. The molecule has 1 fully saturated rings. The number of carbonyl (C=O) groups excluding carboxylic acids is 1. The fraction of sp³-hybridized carbons (Fsp3) is 0.368. The number of anilines is 1. The lowest BCUT2D eigenvalue weighted by Crippen LogP contribution is -2.42. The van der Waals surface area contributed by atoms with Crippen LogP contribution in [-0.4, -0.2) is 42.7 Å². The van der Waals surface area contributed by atoms with Gasteiger partial charge < -0.3 is 19.7 Å². The molecule has 1 aliphatic rings. The topological polar surface area (TPSA) is 63.7 Å². The minimum absolute atomic E-state index is 0.106. The number of nitrogens with one attached hydrogen (secondary N) is 1. The summed E-state index contributed by atoms with van der Waals surface area (Å²) in [7, 11) is 1.59. The molecule has 0 saturated carbocycles. The highest BCUT2D eigenvalue weighted by Gasteiger charge is 2.24. The Morgan fingerprint density at radius 2 is 2.04 bits per heavy atom. The predicted molar refractivity (Wildman–Crippen MR) is 101 cm³/mol. The number of hydrogen-bond acceptors (Lipinski definition) is 4. The third kappa shape index (κ3) is 4.58. The first-order valence-electron chi connectivity index (χ1n) is 8.58. The lowest BCUT2D eigenvalue weighted by molar-refractivity contribution is 0.152. The average molecular weight is 376 g/mol. The Kier molecular flexibility index (Phi) is 6.17. The summed E-state index contributed by atoms with van der Waals surface area (Å²) in [5, 5.41) is 3.43. The van der Waals surface area contributed by atoms with E-state index in [-0.39, 0.29) is 6.03 Å². The molecule has 138 valence electrons. The van der Waals surface area contributed by atoms with Crippen LogP contribution in [-0.2, 0) is 0 Å². The molecule has 0 spiro atoms. The zero-order chi connectivity index (χ0) is 18.4. The normalized spacial score (nSPS) is 14.8. The van der Waals surface area contributed by atoms with Crippen molar-refractivity contribution in [1.82, 2.24) is 9.88 Å². The molecule has 6 nitrogen and oxygen atoms in total. The van der Waals surface area contributed by atoms with Crippen LogP contribution in [0.3, 0.4) is 0 Å². The van der Waals surface area contributed by atoms with Crippen molar-refractivity contribution in [3.05, 3.63) is 47.7 Å². The molecule has 0 radical (unpaired) electrons. The lowest BCUT2D eigenvalue weighted by Gasteiger charge is -2.32. The van der Waals surface area contributed by atoms with E-state index in [1.807, 2.05) is 29.2 Å².